The third kappa shape index (κ3) is 4.00. The van der Waals surface area contributed by atoms with Crippen LogP contribution in [0.25, 0.3) is 0 Å². The Bertz CT molecular complexity index is 719. The van der Waals surface area contributed by atoms with Gasteiger partial charge in [0.05, 0.1) is 0 Å². The lowest BCUT2D eigenvalue weighted by Crippen LogP contribution is -2.33. The second-order valence-electron chi connectivity index (χ2n) is 5.80. The monoisotopic (exact) mass is 312 g/mol. The topological polar surface area (TPSA) is 71.2 Å². The molecule has 1 saturated carbocycles. The molecular weight excluding hydrogens is 292 g/mol. The quantitative estimate of drug-likeness (QED) is 0.891. The number of carbonyl (C=O) groups is 1. The standard InChI is InChI=1S/C18H20N2O3/c21-16-10-15(18(22)20-14-8-4-5-9-14)19-11-17(16)23-12-13-6-2-1-3-7-13/h1-3,6-7,10-11,14H,4-5,8-9,12H2,(H,19,21)(H,20,22). The first-order valence-electron chi connectivity index (χ1n) is 7.93. The van der Waals surface area contributed by atoms with Crippen molar-refractivity contribution < 1.29 is 9.53 Å². The van der Waals surface area contributed by atoms with E-state index in [-0.39, 0.29) is 28.8 Å². The molecule has 1 aliphatic carbocycles. The Morgan fingerprint density at radius 3 is 2.65 bits per heavy atom. The molecule has 3 rings (SSSR count). The summed E-state index contributed by atoms with van der Waals surface area (Å²) < 4.78 is 5.52. The minimum atomic E-state index is -0.295. The van der Waals surface area contributed by atoms with Gasteiger partial charge in [0, 0.05) is 18.3 Å². The first kappa shape index (κ1) is 15.3. The molecule has 1 aromatic carbocycles. The summed E-state index contributed by atoms with van der Waals surface area (Å²) in [6.45, 7) is 0.317. The van der Waals surface area contributed by atoms with Gasteiger partial charge in [0.1, 0.15) is 12.3 Å². The number of ether oxygens (including phenoxy) is 1. The van der Waals surface area contributed by atoms with Crippen LogP contribution in [0.1, 0.15) is 41.7 Å². The van der Waals surface area contributed by atoms with E-state index in [2.05, 4.69) is 10.3 Å². The Kier molecular flexibility index (Phi) is 4.76. The number of carbonyl (C=O) groups excluding carboxylic acids is 1. The average Bonchev–Trinajstić information content (AvgIpc) is 3.07. The van der Waals surface area contributed by atoms with E-state index in [1.54, 1.807) is 0 Å². The molecule has 1 aromatic heterocycles. The highest BCUT2D eigenvalue weighted by molar-refractivity contribution is 5.92. The molecule has 0 spiro atoms. The summed E-state index contributed by atoms with van der Waals surface area (Å²) in [5.74, 6) is -0.0186. The second kappa shape index (κ2) is 7.13. The van der Waals surface area contributed by atoms with Crippen molar-refractivity contribution in [1.82, 2.24) is 10.3 Å². The van der Waals surface area contributed by atoms with Crippen LogP contribution < -0.4 is 15.5 Å². The van der Waals surface area contributed by atoms with Crippen molar-refractivity contribution in [3.8, 4) is 5.75 Å². The van der Waals surface area contributed by atoms with E-state index in [0.717, 1.165) is 31.2 Å². The molecular formula is C18H20N2O3. The van der Waals surface area contributed by atoms with E-state index in [0.29, 0.717) is 6.61 Å². The number of amides is 1. The number of pyridine rings is 1. The summed E-state index contributed by atoms with van der Waals surface area (Å²) in [7, 11) is 0. The summed E-state index contributed by atoms with van der Waals surface area (Å²) in [6.07, 6.45) is 5.76. The first-order valence-corrected chi connectivity index (χ1v) is 7.93. The van der Waals surface area contributed by atoms with Crippen molar-refractivity contribution >= 4 is 5.91 Å². The van der Waals surface area contributed by atoms with Crippen molar-refractivity contribution in [3.63, 3.8) is 0 Å². The SMILES string of the molecule is O=C(NC1CCCC1)c1cc(=O)c(OCc2ccccc2)c[nH]1. The van der Waals surface area contributed by atoms with Gasteiger partial charge in [0.15, 0.2) is 5.75 Å². The maximum atomic E-state index is 12.1. The number of H-pyrrole nitrogens is 1. The molecule has 0 bridgehead atoms. The van der Waals surface area contributed by atoms with Crippen molar-refractivity contribution in [2.75, 3.05) is 0 Å². The third-order valence-corrected chi connectivity index (χ3v) is 4.05. The fourth-order valence-electron chi connectivity index (χ4n) is 2.77. The molecule has 23 heavy (non-hydrogen) atoms. The van der Waals surface area contributed by atoms with Gasteiger partial charge in [0.25, 0.3) is 5.91 Å². The summed E-state index contributed by atoms with van der Waals surface area (Å²) in [5, 5.41) is 2.95. The third-order valence-electron chi connectivity index (χ3n) is 4.05. The maximum Gasteiger partial charge on any atom is 0.268 e. The van der Waals surface area contributed by atoms with Crippen molar-refractivity contribution in [2.24, 2.45) is 0 Å². The van der Waals surface area contributed by atoms with E-state index >= 15 is 0 Å². The van der Waals surface area contributed by atoms with E-state index in [1.165, 1.54) is 12.3 Å². The highest BCUT2D eigenvalue weighted by Gasteiger charge is 2.18. The molecule has 2 aromatic rings. The minimum absolute atomic E-state index is 0.214. The number of hydrogen-bond acceptors (Lipinski definition) is 3. The zero-order chi connectivity index (χ0) is 16.1. The number of rotatable bonds is 5. The Hall–Kier alpha value is -2.56. The van der Waals surface area contributed by atoms with Crippen LogP contribution in [-0.2, 0) is 6.61 Å². The lowest BCUT2D eigenvalue weighted by atomic mass is 10.2. The Balaban J connectivity index is 1.63. The lowest BCUT2D eigenvalue weighted by Gasteiger charge is -2.12. The summed E-state index contributed by atoms with van der Waals surface area (Å²) in [5.41, 5.74) is 0.958. The van der Waals surface area contributed by atoms with Gasteiger partial charge in [-0.3, -0.25) is 9.59 Å². The lowest BCUT2D eigenvalue weighted by molar-refractivity contribution is 0.0932. The van der Waals surface area contributed by atoms with Crippen LogP contribution in [0.15, 0.2) is 47.4 Å². The van der Waals surface area contributed by atoms with Gasteiger partial charge in [-0.2, -0.15) is 0 Å². The Labute approximate surface area is 134 Å². The molecule has 0 unspecified atom stereocenters. The molecule has 0 radical (unpaired) electrons. The fourth-order valence-corrected chi connectivity index (χ4v) is 2.77. The molecule has 1 heterocycles. The number of benzene rings is 1. The molecule has 2 N–H and O–H groups in total. The normalized spacial score (nSPS) is 14.6. The predicted octanol–water partition coefficient (Wildman–Crippen LogP) is 2.63. The molecule has 120 valence electrons. The predicted molar refractivity (Wildman–Crippen MR) is 87.6 cm³/mol. The molecule has 0 aliphatic heterocycles. The molecule has 1 aliphatic rings. The highest BCUT2D eigenvalue weighted by Crippen LogP contribution is 2.18. The highest BCUT2D eigenvalue weighted by atomic mass is 16.5. The van der Waals surface area contributed by atoms with Crippen LogP contribution in [0.3, 0.4) is 0 Å². The molecule has 0 saturated heterocycles. The molecule has 1 amide bonds. The van der Waals surface area contributed by atoms with Gasteiger partial charge in [0.2, 0.25) is 5.43 Å². The first-order chi connectivity index (χ1) is 11.2. The van der Waals surface area contributed by atoms with E-state index in [9.17, 15) is 9.59 Å². The number of hydrogen-bond donors (Lipinski definition) is 2. The van der Waals surface area contributed by atoms with Gasteiger partial charge < -0.3 is 15.0 Å². The minimum Gasteiger partial charge on any atom is -0.483 e. The van der Waals surface area contributed by atoms with Crippen LogP contribution >= 0.6 is 0 Å². The largest absolute Gasteiger partial charge is 0.483 e. The van der Waals surface area contributed by atoms with Crippen molar-refractivity contribution in [1.29, 1.82) is 0 Å². The molecule has 5 heteroatoms. The van der Waals surface area contributed by atoms with E-state index in [1.807, 2.05) is 30.3 Å². The summed E-state index contributed by atoms with van der Waals surface area (Å²) >= 11 is 0. The van der Waals surface area contributed by atoms with E-state index < -0.39 is 0 Å². The van der Waals surface area contributed by atoms with Gasteiger partial charge in [-0.25, -0.2) is 0 Å². The van der Waals surface area contributed by atoms with Crippen LogP contribution in [0.5, 0.6) is 5.75 Å². The Morgan fingerprint density at radius 2 is 1.96 bits per heavy atom. The van der Waals surface area contributed by atoms with E-state index in [4.69, 9.17) is 4.74 Å². The fraction of sp³-hybridized carbons (Fsp3) is 0.333. The second-order valence-corrected chi connectivity index (χ2v) is 5.80. The van der Waals surface area contributed by atoms with Crippen LogP contribution in [-0.4, -0.2) is 16.9 Å². The number of nitrogens with one attached hydrogen (secondary N) is 2. The van der Waals surface area contributed by atoms with Gasteiger partial charge in [-0.05, 0) is 18.4 Å². The summed E-state index contributed by atoms with van der Waals surface area (Å²) in [4.78, 5) is 27.1. The maximum absolute atomic E-state index is 12.1. The zero-order valence-electron chi connectivity index (χ0n) is 12.9. The van der Waals surface area contributed by atoms with Crippen LogP contribution in [0, 0.1) is 0 Å². The average molecular weight is 312 g/mol. The van der Waals surface area contributed by atoms with Crippen LogP contribution in [0.4, 0.5) is 0 Å². The molecule has 0 atom stereocenters. The van der Waals surface area contributed by atoms with Gasteiger partial charge >= 0.3 is 0 Å². The van der Waals surface area contributed by atoms with Crippen molar-refractivity contribution in [2.45, 2.75) is 38.3 Å². The Morgan fingerprint density at radius 1 is 1.22 bits per heavy atom. The van der Waals surface area contributed by atoms with Crippen molar-refractivity contribution in [3.05, 3.63) is 64.1 Å². The number of aromatic nitrogens is 1. The molecule has 5 nitrogen and oxygen atoms in total. The number of aromatic amines is 1. The van der Waals surface area contributed by atoms with Crippen LogP contribution in [0.2, 0.25) is 0 Å². The zero-order valence-corrected chi connectivity index (χ0v) is 12.9. The summed E-state index contributed by atoms with van der Waals surface area (Å²) in [6, 6.07) is 11.1. The van der Waals surface area contributed by atoms with Gasteiger partial charge in [-0.1, -0.05) is 43.2 Å². The van der Waals surface area contributed by atoms with Gasteiger partial charge in [-0.15, -0.1) is 0 Å². The smallest absolute Gasteiger partial charge is 0.268 e. The molecule has 1 fully saturated rings.